The normalized spacial score (nSPS) is 24.1. The van der Waals surface area contributed by atoms with Crippen LogP contribution in [0.1, 0.15) is 29.6 Å². The molecule has 1 saturated heterocycles. The zero-order chi connectivity index (χ0) is 16.0. The molecule has 8 heteroatoms. The summed E-state index contributed by atoms with van der Waals surface area (Å²) in [6.07, 6.45) is 2.09. The third-order valence-electron chi connectivity index (χ3n) is 3.99. The molecule has 6 nitrogen and oxygen atoms in total. The SMILES string of the molecule is O=C(NC1CC1)c1ccc(S(=O)(=O)[C@@H]2CCS(=O)(=O)C2)cc1. The van der Waals surface area contributed by atoms with Crippen LogP contribution in [-0.4, -0.2) is 45.5 Å². The molecule has 1 amide bonds. The second-order valence-electron chi connectivity index (χ2n) is 5.84. The first kappa shape index (κ1) is 15.5. The third kappa shape index (κ3) is 3.17. The molecule has 2 fully saturated rings. The van der Waals surface area contributed by atoms with Crippen molar-refractivity contribution in [3.63, 3.8) is 0 Å². The summed E-state index contributed by atoms with van der Waals surface area (Å²) in [5.74, 6) is -0.618. The van der Waals surface area contributed by atoms with Crippen molar-refractivity contribution in [2.45, 2.75) is 35.4 Å². The minimum absolute atomic E-state index is 0.0672. The molecule has 0 bridgehead atoms. The van der Waals surface area contributed by atoms with Gasteiger partial charge in [0.25, 0.3) is 5.91 Å². The highest BCUT2D eigenvalue weighted by Gasteiger charge is 2.38. The molecule has 1 atom stereocenters. The summed E-state index contributed by atoms with van der Waals surface area (Å²) in [7, 11) is -6.93. The van der Waals surface area contributed by atoms with Crippen molar-refractivity contribution in [3.05, 3.63) is 29.8 Å². The summed E-state index contributed by atoms with van der Waals surface area (Å²) in [6.45, 7) is 0. The lowest BCUT2D eigenvalue weighted by Gasteiger charge is -2.10. The van der Waals surface area contributed by atoms with Crippen molar-refractivity contribution in [3.8, 4) is 0 Å². The number of benzene rings is 1. The first-order valence-corrected chi connectivity index (χ1v) is 10.5. The van der Waals surface area contributed by atoms with Crippen molar-refractivity contribution >= 4 is 25.6 Å². The minimum Gasteiger partial charge on any atom is -0.349 e. The van der Waals surface area contributed by atoms with Crippen molar-refractivity contribution in [2.75, 3.05) is 11.5 Å². The van der Waals surface area contributed by atoms with E-state index in [4.69, 9.17) is 0 Å². The fraction of sp³-hybridized carbons (Fsp3) is 0.500. The van der Waals surface area contributed by atoms with Gasteiger partial charge in [-0.25, -0.2) is 16.8 Å². The fourth-order valence-electron chi connectivity index (χ4n) is 2.49. The van der Waals surface area contributed by atoms with Crippen LogP contribution in [0.3, 0.4) is 0 Å². The van der Waals surface area contributed by atoms with E-state index in [-0.39, 0.29) is 34.8 Å². The maximum atomic E-state index is 12.4. The Balaban J connectivity index is 1.78. The van der Waals surface area contributed by atoms with Gasteiger partial charge in [0.1, 0.15) is 0 Å². The zero-order valence-electron chi connectivity index (χ0n) is 11.9. The molecule has 1 aliphatic heterocycles. The van der Waals surface area contributed by atoms with Gasteiger partial charge in [0.05, 0.1) is 21.7 Å². The number of carbonyl (C=O) groups excluding carboxylic acids is 1. The minimum atomic E-state index is -3.67. The van der Waals surface area contributed by atoms with E-state index in [1.165, 1.54) is 24.3 Å². The number of hydrogen-bond acceptors (Lipinski definition) is 5. The predicted octanol–water partition coefficient (Wildman–Crippen LogP) is 0.540. The number of nitrogens with one attached hydrogen (secondary N) is 1. The lowest BCUT2D eigenvalue weighted by molar-refractivity contribution is 0.0951. The van der Waals surface area contributed by atoms with E-state index in [9.17, 15) is 21.6 Å². The van der Waals surface area contributed by atoms with E-state index in [1.807, 2.05) is 0 Å². The molecular weight excluding hydrogens is 326 g/mol. The summed E-state index contributed by atoms with van der Waals surface area (Å²) in [5.41, 5.74) is 0.407. The highest BCUT2D eigenvalue weighted by Crippen LogP contribution is 2.26. The van der Waals surface area contributed by atoms with E-state index in [0.717, 1.165) is 12.8 Å². The molecule has 3 rings (SSSR count). The van der Waals surface area contributed by atoms with Gasteiger partial charge < -0.3 is 5.32 Å². The second kappa shape index (κ2) is 5.34. The van der Waals surface area contributed by atoms with Crippen LogP contribution in [-0.2, 0) is 19.7 Å². The van der Waals surface area contributed by atoms with Crippen LogP contribution >= 0.6 is 0 Å². The Morgan fingerprint density at radius 1 is 1.09 bits per heavy atom. The van der Waals surface area contributed by atoms with Gasteiger partial charge in [0, 0.05) is 11.6 Å². The quantitative estimate of drug-likeness (QED) is 0.860. The third-order valence-corrected chi connectivity index (χ3v) is 8.18. The number of rotatable bonds is 4. The van der Waals surface area contributed by atoms with E-state index in [1.54, 1.807) is 0 Å². The lowest BCUT2D eigenvalue weighted by Crippen LogP contribution is -2.25. The lowest BCUT2D eigenvalue weighted by atomic mass is 10.2. The molecule has 1 heterocycles. The largest absolute Gasteiger partial charge is 0.349 e. The van der Waals surface area contributed by atoms with Gasteiger partial charge >= 0.3 is 0 Å². The zero-order valence-corrected chi connectivity index (χ0v) is 13.5. The fourth-order valence-corrected chi connectivity index (χ4v) is 6.85. The summed E-state index contributed by atoms with van der Waals surface area (Å²) in [4.78, 5) is 11.9. The molecule has 120 valence electrons. The first-order chi connectivity index (χ1) is 10.3. The smallest absolute Gasteiger partial charge is 0.251 e. The Bertz CT molecular complexity index is 792. The Morgan fingerprint density at radius 2 is 1.73 bits per heavy atom. The topological polar surface area (TPSA) is 97.4 Å². The van der Waals surface area contributed by atoms with Crippen molar-refractivity contribution < 1.29 is 21.6 Å². The molecule has 0 unspecified atom stereocenters. The molecule has 1 saturated carbocycles. The maximum Gasteiger partial charge on any atom is 0.251 e. The van der Waals surface area contributed by atoms with Crippen molar-refractivity contribution in [1.82, 2.24) is 5.32 Å². The maximum absolute atomic E-state index is 12.4. The van der Waals surface area contributed by atoms with Crippen molar-refractivity contribution in [2.24, 2.45) is 0 Å². The molecule has 22 heavy (non-hydrogen) atoms. The molecule has 0 radical (unpaired) electrons. The molecule has 0 spiro atoms. The number of amides is 1. The summed E-state index contributed by atoms with van der Waals surface area (Å²) in [5, 5.41) is 1.94. The van der Waals surface area contributed by atoms with Crippen LogP contribution < -0.4 is 5.32 Å². The highest BCUT2D eigenvalue weighted by molar-refractivity contribution is 7.96. The summed E-state index contributed by atoms with van der Waals surface area (Å²) in [6, 6.07) is 5.92. The summed E-state index contributed by atoms with van der Waals surface area (Å²) < 4.78 is 47.8. The highest BCUT2D eigenvalue weighted by atomic mass is 32.2. The molecule has 1 aliphatic carbocycles. The van der Waals surface area contributed by atoms with Crippen LogP contribution in [0.4, 0.5) is 0 Å². The van der Waals surface area contributed by atoms with Crippen molar-refractivity contribution in [1.29, 1.82) is 0 Å². The van der Waals surface area contributed by atoms with E-state index < -0.39 is 24.9 Å². The molecule has 1 N–H and O–H groups in total. The van der Waals surface area contributed by atoms with Gasteiger partial charge in [0.15, 0.2) is 19.7 Å². The average molecular weight is 343 g/mol. The van der Waals surface area contributed by atoms with Gasteiger partial charge in [-0.2, -0.15) is 0 Å². The van der Waals surface area contributed by atoms with Gasteiger partial charge in [-0.15, -0.1) is 0 Å². The molecule has 0 aromatic heterocycles. The van der Waals surface area contributed by atoms with E-state index in [2.05, 4.69) is 5.32 Å². The van der Waals surface area contributed by atoms with Crippen LogP contribution in [0, 0.1) is 0 Å². The summed E-state index contributed by atoms with van der Waals surface area (Å²) >= 11 is 0. The van der Waals surface area contributed by atoms with Gasteiger partial charge in [-0.3, -0.25) is 4.79 Å². The van der Waals surface area contributed by atoms with Crippen LogP contribution in [0.25, 0.3) is 0 Å². The van der Waals surface area contributed by atoms with Crippen LogP contribution in [0.2, 0.25) is 0 Å². The molecule has 1 aromatic carbocycles. The van der Waals surface area contributed by atoms with Gasteiger partial charge in [-0.1, -0.05) is 0 Å². The Labute approximate surface area is 129 Å². The van der Waals surface area contributed by atoms with E-state index >= 15 is 0 Å². The van der Waals surface area contributed by atoms with Crippen LogP contribution in [0.15, 0.2) is 29.2 Å². The Kier molecular flexibility index (Phi) is 3.76. The first-order valence-electron chi connectivity index (χ1n) is 7.13. The van der Waals surface area contributed by atoms with Gasteiger partial charge in [-0.05, 0) is 43.5 Å². The number of hydrogen-bond donors (Lipinski definition) is 1. The Morgan fingerprint density at radius 3 is 2.23 bits per heavy atom. The standard InChI is InChI=1S/C14H17NO5S2/c16-14(15-11-3-4-11)10-1-5-12(6-2-10)22(19,20)13-7-8-21(17,18)9-13/h1-2,5-6,11,13H,3-4,7-9H2,(H,15,16)/t13-/m1/s1. The second-order valence-corrected chi connectivity index (χ2v) is 10.3. The van der Waals surface area contributed by atoms with E-state index in [0.29, 0.717) is 5.56 Å². The Hall–Kier alpha value is -1.41. The monoisotopic (exact) mass is 343 g/mol. The van der Waals surface area contributed by atoms with Gasteiger partial charge in [0.2, 0.25) is 0 Å². The molecular formula is C14H17NO5S2. The van der Waals surface area contributed by atoms with Crippen LogP contribution in [0.5, 0.6) is 0 Å². The molecule has 1 aromatic rings. The number of sulfone groups is 2. The number of carbonyl (C=O) groups is 1. The molecule has 2 aliphatic rings. The average Bonchev–Trinajstić information content (AvgIpc) is 3.20. The predicted molar refractivity (Wildman–Crippen MR) is 81.2 cm³/mol.